The Morgan fingerprint density at radius 3 is 1.97 bits per heavy atom. The first kappa shape index (κ1) is 20.5. The highest BCUT2D eigenvalue weighted by molar-refractivity contribution is 5.49. The lowest BCUT2D eigenvalue weighted by molar-refractivity contribution is 0.306. The van der Waals surface area contributed by atoms with E-state index in [-0.39, 0.29) is 0 Å². The van der Waals surface area contributed by atoms with Crippen molar-refractivity contribution in [3.05, 3.63) is 126 Å². The Kier molecular flexibility index (Phi) is 7.22. The molecule has 4 rings (SSSR count). The molecule has 0 spiro atoms. The summed E-state index contributed by atoms with van der Waals surface area (Å²) >= 11 is 0. The Hall–Kier alpha value is -3.72. The van der Waals surface area contributed by atoms with Gasteiger partial charge in [0.2, 0.25) is 0 Å². The fourth-order valence-corrected chi connectivity index (χ4v) is 3.32. The molecule has 0 radical (unpaired) electrons. The summed E-state index contributed by atoms with van der Waals surface area (Å²) in [6.07, 6.45) is 0.902. The predicted molar refractivity (Wildman–Crippen MR) is 127 cm³/mol. The second-order valence-electron chi connectivity index (χ2n) is 7.39. The van der Waals surface area contributed by atoms with E-state index in [2.05, 4.69) is 59.9 Å². The third kappa shape index (κ3) is 6.65. The average molecular weight is 410 g/mol. The fourth-order valence-electron chi connectivity index (χ4n) is 3.32. The van der Waals surface area contributed by atoms with Gasteiger partial charge >= 0.3 is 0 Å². The van der Waals surface area contributed by atoms with E-state index in [0.717, 1.165) is 35.7 Å². The van der Waals surface area contributed by atoms with Crippen LogP contribution in [0.2, 0.25) is 0 Å². The van der Waals surface area contributed by atoms with E-state index in [1.54, 1.807) is 0 Å². The summed E-state index contributed by atoms with van der Waals surface area (Å²) in [6, 6.07) is 36.9. The van der Waals surface area contributed by atoms with Crippen LogP contribution in [0.25, 0.3) is 0 Å². The number of nitrogens with one attached hydrogen (secondary N) is 1. The molecule has 0 heterocycles. The summed E-state index contributed by atoms with van der Waals surface area (Å²) < 4.78 is 11.9. The molecule has 0 aliphatic rings. The van der Waals surface area contributed by atoms with Gasteiger partial charge in [0, 0.05) is 24.7 Å². The van der Waals surface area contributed by atoms with Crippen LogP contribution in [-0.2, 0) is 19.6 Å². The standard InChI is InChI=1S/C28H27NO2/c1-3-9-23(10-4-1)17-18-30-27-15-7-13-25(19-27)21-29-26-14-8-16-28(20-26)31-22-24-11-5-2-6-12-24/h1-16,19-20,29H,17-18,21-22H2. The lowest BCUT2D eigenvalue weighted by Crippen LogP contribution is -2.03. The summed E-state index contributed by atoms with van der Waals surface area (Å²) in [5.74, 6) is 1.75. The molecule has 0 fully saturated rings. The Bertz CT molecular complexity index is 1060. The molecular weight excluding hydrogens is 382 g/mol. The molecule has 0 aromatic heterocycles. The molecule has 0 aliphatic carbocycles. The summed E-state index contributed by atoms with van der Waals surface area (Å²) in [5, 5.41) is 3.47. The molecule has 0 saturated heterocycles. The minimum atomic E-state index is 0.562. The van der Waals surface area contributed by atoms with Crippen molar-refractivity contribution >= 4 is 5.69 Å². The summed E-state index contributed by atoms with van der Waals surface area (Å²) in [4.78, 5) is 0. The van der Waals surface area contributed by atoms with Gasteiger partial charge in [-0.05, 0) is 41.0 Å². The van der Waals surface area contributed by atoms with E-state index in [4.69, 9.17) is 9.47 Å². The normalized spacial score (nSPS) is 10.5. The molecule has 0 unspecified atom stereocenters. The van der Waals surface area contributed by atoms with Gasteiger partial charge in [0.1, 0.15) is 18.1 Å². The van der Waals surface area contributed by atoms with Crippen LogP contribution in [0.3, 0.4) is 0 Å². The average Bonchev–Trinajstić information content (AvgIpc) is 2.83. The van der Waals surface area contributed by atoms with Crippen LogP contribution < -0.4 is 14.8 Å². The number of ether oxygens (including phenoxy) is 2. The number of hydrogen-bond acceptors (Lipinski definition) is 3. The van der Waals surface area contributed by atoms with Crippen LogP contribution >= 0.6 is 0 Å². The van der Waals surface area contributed by atoms with Gasteiger partial charge in [0.15, 0.2) is 0 Å². The molecule has 3 heteroatoms. The number of anilines is 1. The van der Waals surface area contributed by atoms with Gasteiger partial charge in [-0.15, -0.1) is 0 Å². The number of rotatable bonds is 10. The Labute approximate surface area is 184 Å². The summed E-state index contributed by atoms with van der Waals surface area (Å²) in [5.41, 5.74) is 4.65. The van der Waals surface area contributed by atoms with Crippen LogP contribution in [0.4, 0.5) is 5.69 Å². The first-order valence-corrected chi connectivity index (χ1v) is 10.6. The van der Waals surface area contributed by atoms with Crippen molar-refractivity contribution in [2.45, 2.75) is 19.6 Å². The lowest BCUT2D eigenvalue weighted by atomic mass is 10.2. The number of benzene rings is 4. The highest BCUT2D eigenvalue weighted by atomic mass is 16.5. The molecule has 0 aliphatic heterocycles. The van der Waals surface area contributed by atoms with Crippen molar-refractivity contribution in [1.29, 1.82) is 0 Å². The third-order valence-electron chi connectivity index (χ3n) is 4.98. The fraction of sp³-hybridized carbons (Fsp3) is 0.143. The maximum absolute atomic E-state index is 5.95. The molecular formula is C28H27NO2. The maximum atomic E-state index is 5.95. The molecule has 0 amide bonds. The minimum absolute atomic E-state index is 0.562. The highest BCUT2D eigenvalue weighted by Crippen LogP contribution is 2.20. The van der Waals surface area contributed by atoms with E-state index in [0.29, 0.717) is 13.2 Å². The molecule has 0 atom stereocenters. The van der Waals surface area contributed by atoms with Gasteiger partial charge in [-0.2, -0.15) is 0 Å². The van der Waals surface area contributed by atoms with E-state index >= 15 is 0 Å². The molecule has 4 aromatic carbocycles. The molecule has 31 heavy (non-hydrogen) atoms. The first-order chi connectivity index (χ1) is 15.3. The van der Waals surface area contributed by atoms with Gasteiger partial charge in [0.05, 0.1) is 6.61 Å². The molecule has 0 saturated carbocycles. The first-order valence-electron chi connectivity index (χ1n) is 10.6. The van der Waals surface area contributed by atoms with Crippen molar-refractivity contribution in [3.63, 3.8) is 0 Å². The van der Waals surface area contributed by atoms with Crippen LogP contribution in [0.1, 0.15) is 16.7 Å². The zero-order valence-electron chi connectivity index (χ0n) is 17.5. The molecule has 3 nitrogen and oxygen atoms in total. The second kappa shape index (κ2) is 10.9. The van der Waals surface area contributed by atoms with Gasteiger partial charge < -0.3 is 14.8 Å². The summed E-state index contributed by atoms with van der Waals surface area (Å²) in [7, 11) is 0. The zero-order valence-corrected chi connectivity index (χ0v) is 17.5. The van der Waals surface area contributed by atoms with E-state index in [1.807, 2.05) is 54.6 Å². The Morgan fingerprint density at radius 1 is 0.548 bits per heavy atom. The molecule has 0 bridgehead atoms. The minimum Gasteiger partial charge on any atom is -0.493 e. The Morgan fingerprint density at radius 2 is 1.19 bits per heavy atom. The monoisotopic (exact) mass is 409 g/mol. The van der Waals surface area contributed by atoms with Crippen LogP contribution in [-0.4, -0.2) is 6.61 Å². The molecule has 156 valence electrons. The van der Waals surface area contributed by atoms with E-state index in [9.17, 15) is 0 Å². The maximum Gasteiger partial charge on any atom is 0.121 e. The highest BCUT2D eigenvalue weighted by Gasteiger charge is 2.01. The van der Waals surface area contributed by atoms with E-state index in [1.165, 1.54) is 11.1 Å². The quantitative estimate of drug-likeness (QED) is 0.324. The smallest absolute Gasteiger partial charge is 0.121 e. The van der Waals surface area contributed by atoms with Crippen molar-refractivity contribution in [3.8, 4) is 11.5 Å². The Balaban J connectivity index is 1.27. The van der Waals surface area contributed by atoms with Crippen molar-refractivity contribution < 1.29 is 9.47 Å². The molecule has 4 aromatic rings. The van der Waals surface area contributed by atoms with Crippen molar-refractivity contribution in [2.24, 2.45) is 0 Å². The third-order valence-corrected chi connectivity index (χ3v) is 4.98. The SMILES string of the molecule is c1ccc(CCOc2cccc(CNc3cccc(OCc4ccccc4)c3)c2)cc1. The van der Waals surface area contributed by atoms with Crippen LogP contribution in [0.5, 0.6) is 11.5 Å². The molecule has 1 N–H and O–H groups in total. The van der Waals surface area contributed by atoms with Gasteiger partial charge in [-0.25, -0.2) is 0 Å². The lowest BCUT2D eigenvalue weighted by Gasteiger charge is -2.11. The predicted octanol–water partition coefficient (Wildman–Crippen LogP) is 6.50. The van der Waals surface area contributed by atoms with E-state index < -0.39 is 0 Å². The largest absolute Gasteiger partial charge is 0.493 e. The topological polar surface area (TPSA) is 30.5 Å². The van der Waals surface area contributed by atoms with Crippen molar-refractivity contribution in [1.82, 2.24) is 0 Å². The van der Waals surface area contributed by atoms with Gasteiger partial charge in [-0.3, -0.25) is 0 Å². The van der Waals surface area contributed by atoms with Gasteiger partial charge in [-0.1, -0.05) is 78.9 Å². The van der Waals surface area contributed by atoms with Crippen LogP contribution in [0, 0.1) is 0 Å². The van der Waals surface area contributed by atoms with Crippen molar-refractivity contribution in [2.75, 3.05) is 11.9 Å². The van der Waals surface area contributed by atoms with Gasteiger partial charge in [0.25, 0.3) is 0 Å². The van der Waals surface area contributed by atoms with Crippen LogP contribution in [0.15, 0.2) is 109 Å². The second-order valence-corrected chi connectivity index (χ2v) is 7.39. The summed E-state index contributed by atoms with van der Waals surface area (Å²) in [6.45, 7) is 1.95. The number of hydrogen-bond donors (Lipinski definition) is 1. The zero-order chi connectivity index (χ0) is 21.1.